The Bertz CT molecular complexity index is 366. The van der Waals surface area contributed by atoms with Crippen LogP contribution < -0.4 is 0 Å². The summed E-state index contributed by atoms with van der Waals surface area (Å²) in [5.74, 6) is 2.76. The molecule has 1 nitrogen and oxygen atoms in total. The van der Waals surface area contributed by atoms with Crippen molar-refractivity contribution in [3.63, 3.8) is 0 Å². The van der Waals surface area contributed by atoms with Crippen LogP contribution in [-0.4, -0.2) is 10.7 Å². The second kappa shape index (κ2) is 7.91. The van der Waals surface area contributed by atoms with E-state index in [1.165, 1.54) is 64.2 Å². The van der Waals surface area contributed by atoms with Crippen LogP contribution in [0.3, 0.4) is 0 Å². The van der Waals surface area contributed by atoms with Gasteiger partial charge in [-0.2, -0.15) is 0 Å². The molecule has 2 fully saturated rings. The number of aliphatic hydroxyl groups is 1. The topological polar surface area (TPSA) is 20.2 Å². The third kappa shape index (κ3) is 4.63. The average Bonchev–Trinajstić information content (AvgIpc) is 2.62. The molecule has 1 heteroatoms. The molecule has 0 heterocycles. The van der Waals surface area contributed by atoms with E-state index in [-0.39, 0.29) is 0 Å². The minimum Gasteiger partial charge on any atom is -0.390 e. The summed E-state index contributed by atoms with van der Waals surface area (Å²) in [5, 5.41) is 11.5. The van der Waals surface area contributed by atoms with Gasteiger partial charge in [0.15, 0.2) is 0 Å². The Kier molecular flexibility index (Phi) is 6.73. The lowest BCUT2D eigenvalue weighted by Gasteiger charge is -2.48. The highest BCUT2D eigenvalue weighted by Crippen LogP contribution is 2.50. The highest BCUT2D eigenvalue weighted by molar-refractivity contribution is 4.96. The number of hydrogen-bond donors (Lipinski definition) is 1. The van der Waals surface area contributed by atoms with E-state index in [0.717, 1.165) is 11.8 Å². The molecule has 0 spiro atoms. The molecule has 1 N–H and O–H groups in total. The lowest BCUT2D eigenvalue weighted by Crippen LogP contribution is -2.46. The van der Waals surface area contributed by atoms with Gasteiger partial charge in [0.25, 0.3) is 0 Å². The van der Waals surface area contributed by atoms with Gasteiger partial charge in [-0.25, -0.2) is 0 Å². The maximum Gasteiger partial charge on any atom is 0.0675 e. The summed E-state index contributed by atoms with van der Waals surface area (Å²) in [6.07, 6.45) is 12.8. The molecule has 2 aliphatic rings. The van der Waals surface area contributed by atoms with Crippen molar-refractivity contribution < 1.29 is 5.11 Å². The second-order valence-electron chi connectivity index (χ2n) is 11.0. The highest BCUT2D eigenvalue weighted by atomic mass is 16.3. The van der Waals surface area contributed by atoms with Crippen molar-refractivity contribution in [2.75, 3.05) is 0 Å². The van der Waals surface area contributed by atoms with Gasteiger partial charge < -0.3 is 5.11 Å². The van der Waals surface area contributed by atoms with Crippen molar-refractivity contribution in [3.05, 3.63) is 0 Å². The van der Waals surface area contributed by atoms with Crippen molar-refractivity contribution in [2.24, 2.45) is 34.5 Å². The Labute approximate surface area is 158 Å². The van der Waals surface area contributed by atoms with Crippen molar-refractivity contribution >= 4 is 0 Å². The quantitative estimate of drug-likeness (QED) is 0.536. The molecular weight excluding hydrogens is 304 g/mol. The Balaban J connectivity index is 1.91. The molecule has 0 unspecified atom stereocenters. The van der Waals surface area contributed by atoms with Crippen LogP contribution in [0.15, 0.2) is 0 Å². The van der Waals surface area contributed by atoms with Gasteiger partial charge in [0.1, 0.15) is 0 Å². The van der Waals surface area contributed by atoms with E-state index in [1.54, 1.807) is 0 Å². The Morgan fingerprint density at radius 1 is 0.560 bits per heavy atom. The standard InChI is InChI=1S/C24H46O/c1-8-22(3,4)18-10-14-20(15-11-18)24(7,25)21-16-12-19(13-17-21)23(5,6)9-2/h18-21,25H,8-17H2,1-7H3. The monoisotopic (exact) mass is 350 g/mol. The fourth-order valence-electron chi connectivity index (χ4n) is 5.83. The third-order valence-corrected chi connectivity index (χ3v) is 9.14. The van der Waals surface area contributed by atoms with E-state index < -0.39 is 5.60 Å². The van der Waals surface area contributed by atoms with Gasteiger partial charge in [0.2, 0.25) is 0 Å². The Morgan fingerprint density at radius 2 is 0.800 bits per heavy atom. The highest BCUT2D eigenvalue weighted by Gasteiger charge is 2.45. The van der Waals surface area contributed by atoms with Crippen LogP contribution in [0.1, 0.15) is 113 Å². The van der Waals surface area contributed by atoms with Crippen LogP contribution in [0.4, 0.5) is 0 Å². The van der Waals surface area contributed by atoms with Crippen molar-refractivity contribution in [1.29, 1.82) is 0 Å². The first-order valence-corrected chi connectivity index (χ1v) is 11.3. The molecule has 2 aliphatic carbocycles. The fourth-order valence-corrected chi connectivity index (χ4v) is 5.83. The molecule has 25 heavy (non-hydrogen) atoms. The van der Waals surface area contributed by atoms with Gasteiger partial charge in [0, 0.05) is 0 Å². The molecular formula is C24H46O. The summed E-state index contributed by atoms with van der Waals surface area (Å²) >= 11 is 0. The summed E-state index contributed by atoms with van der Waals surface area (Å²) < 4.78 is 0. The molecule has 0 aromatic heterocycles. The summed E-state index contributed by atoms with van der Waals surface area (Å²) in [5.41, 5.74) is 0.504. The first-order chi connectivity index (χ1) is 11.5. The molecule has 0 aromatic carbocycles. The van der Waals surface area contributed by atoms with Crippen LogP contribution >= 0.6 is 0 Å². The molecule has 2 rings (SSSR count). The summed E-state index contributed by atoms with van der Waals surface area (Å²) in [6.45, 7) is 16.6. The molecule has 0 radical (unpaired) electrons. The van der Waals surface area contributed by atoms with Gasteiger partial charge in [-0.3, -0.25) is 0 Å². The zero-order valence-corrected chi connectivity index (χ0v) is 18.3. The van der Waals surface area contributed by atoms with Gasteiger partial charge in [0.05, 0.1) is 5.60 Å². The summed E-state index contributed by atoms with van der Waals surface area (Å²) in [7, 11) is 0. The predicted molar refractivity (Wildman–Crippen MR) is 110 cm³/mol. The van der Waals surface area contributed by atoms with Crippen LogP contribution in [-0.2, 0) is 0 Å². The zero-order valence-electron chi connectivity index (χ0n) is 18.3. The number of hydrogen-bond acceptors (Lipinski definition) is 1. The maximum absolute atomic E-state index is 11.5. The third-order valence-electron chi connectivity index (χ3n) is 9.14. The zero-order chi connectivity index (χ0) is 18.9. The predicted octanol–water partition coefficient (Wildman–Crippen LogP) is 7.22. The molecule has 2 saturated carbocycles. The molecule has 0 atom stereocenters. The Morgan fingerprint density at radius 3 is 1.04 bits per heavy atom. The summed E-state index contributed by atoms with van der Waals surface area (Å²) in [4.78, 5) is 0. The van der Waals surface area contributed by atoms with Gasteiger partial charge in [-0.15, -0.1) is 0 Å². The van der Waals surface area contributed by atoms with Crippen LogP contribution in [0, 0.1) is 34.5 Å². The lowest BCUT2D eigenvalue weighted by molar-refractivity contribution is -0.0926. The second-order valence-corrected chi connectivity index (χ2v) is 11.0. The largest absolute Gasteiger partial charge is 0.390 e. The Hall–Kier alpha value is -0.0400. The van der Waals surface area contributed by atoms with Crippen molar-refractivity contribution in [3.8, 4) is 0 Å². The van der Waals surface area contributed by atoms with E-state index in [9.17, 15) is 5.11 Å². The van der Waals surface area contributed by atoms with Crippen LogP contribution in [0.5, 0.6) is 0 Å². The fraction of sp³-hybridized carbons (Fsp3) is 1.00. The molecule has 0 aliphatic heterocycles. The maximum atomic E-state index is 11.5. The molecule has 0 saturated heterocycles. The molecule has 0 aromatic rings. The minimum atomic E-state index is -0.442. The summed E-state index contributed by atoms with van der Waals surface area (Å²) in [6, 6.07) is 0. The smallest absolute Gasteiger partial charge is 0.0675 e. The van der Waals surface area contributed by atoms with E-state index in [2.05, 4.69) is 48.5 Å². The number of rotatable bonds is 6. The van der Waals surface area contributed by atoms with E-state index in [0.29, 0.717) is 22.7 Å². The first-order valence-electron chi connectivity index (χ1n) is 11.3. The van der Waals surface area contributed by atoms with E-state index >= 15 is 0 Å². The normalized spacial score (nSPS) is 34.6. The van der Waals surface area contributed by atoms with E-state index in [1.807, 2.05) is 0 Å². The molecule has 0 bridgehead atoms. The SMILES string of the molecule is CCC(C)(C)C1CCC(C(C)(O)C2CCC(C(C)(C)CC)CC2)CC1. The van der Waals surface area contributed by atoms with Gasteiger partial charge >= 0.3 is 0 Å². The average molecular weight is 351 g/mol. The van der Waals surface area contributed by atoms with E-state index in [4.69, 9.17) is 0 Å². The first kappa shape index (κ1) is 21.3. The van der Waals surface area contributed by atoms with Gasteiger partial charge in [-0.05, 0) is 92.8 Å². The van der Waals surface area contributed by atoms with Crippen LogP contribution in [0.25, 0.3) is 0 Å². The minimum absolute atomic E-state index is 0.442. The van der Waals surface area contributed by atoms with Crippen molar-refractivity contribution in [1.82, 2.24) is 0 Å². The van der Waals surface area contributed by atoms with Crippen LogP contribution in [0.2, 0.25) is 0 Å². The molecule has 148 valence electrons. The molecule has 0 amide bonds. The lowest BCUT2D eigenvalue weighted by atomic mass is 9.59. The van der Waals surface area contributed by atoms with Crippen molar-refractivity contribution in [2.45, 2.75) is 118 Å². The van der Waals surface area contributed by atoms with Gasteiger partial charge in [-0.1, -0.05) is 54.4 Å².